The molecule has 1 aromatic heterocycles. The maximum absolute atomic E-state index is 12.2. The normalized spacial score (nSPS) is 13.7. The minimum Gasteiger partial charge on any atom is -0.269 e. The Labute approximate surface area is 126 Å². The van der Waals surface area contributed by atoms with Crippen molar-refractivity contribution in [3.63, 3.8) is 0 Å². The minimum absolute atomic E-state index is 0.0461. The highest BCUT2D eigenvalue weighted by atomic mass is 35.5. The molecule has 2 heterocycles. The van der Waals surface area contributed by atoms with Gasteiger partial charge in [-0.25, -0.2) is 4.98 Å². The monoisotopic (exact) mass is 323 g/mol. The second-order valence-corrected chi connectivity index (χ2v) is 5.96. The zero-order valence-electron chi connectivity index (χ0n) is 10.3. The number of nitro groups is 1. The molecule has 0 saturated carbocycles. The van der Waals surface area contributed by atoms with Gasteiger partial charge in [0.2, 0.25) is 0 Å². The van der Waals surface area contributed by atoms with Gasteiger partial charge in [-0.3, -0.25) is 24.6 Å². The number of amides is 2. The summed E-state index contributed by atoms with van der Waals surface area (Å²) in [7, 11) is 0. The van der Waals surface area contributed by atoms with Crippen LogP contribution in [0.3, 0.4) is 0 Å². The van der Waals surface area contributed by atoms with Crippen LogP contribution >= 0.6 is 22.9 Å². The number of benzene rings is 1. The van der Waals surface area contributed by atoms with Crippen LogP contribution in [-0.4, -0.2) is 26.6 Å². The van der Waals surface area contributed by atoms with E-state index in [4.69, 9.17) is 11.6 Å². The summed E-state index contributed by atoms with van der Waals surface area (Å²) in [5.41, 5.74) is -0.0105. The number of hydrogen-bond donors (Lipinski definition) is 0. The van der Waals surface area contributed by atoms with Crippen molar-refractivity contribution in [3.05, 3.63) is 55.0 Å². The van der Waals surface area contributed by atoms with Crippen molar-refractivity contribution in [2.45, 2.75) is 6.54 Å². The lowest BCUT2D eigenvalue weighted by molar-refractivity contribution is -0.384. The van der Waals surface area contributed by atoms with Crippen molar-refractivity contribution in [2.24, 2.45) is 0 Å². The van der Waals surface area contributed by atoms with Crippen LogP contribution in [0.1, 0.15) is 25.6 Å². The molecule has 1 aliphatic heterocycles. The molecule has 0 unspecified atom stereocenters. The van der Waals surface area contributed by atoms with E-state index < -0.39 is 16.7 Å². The lowest BCUT2D eigenvalue weighted by Gasteiger charge is -2.11. The highest BCUT2D eigenvalue weighted by molar-refractivity contribution is 7.15. The van der Waals surface area contributed by atoms with Gasteiger partial charge in [0.05, 0.1) is 22.6 Å². The van der Waals surface area contributed by atoms with Gasteiger partial charge in [-0.05, 0) is 6.07 Å². The maximum atomic E-state index is 12.2. The SMILES string of the molecule is O=C1c2ccc([N+](=O)[O-])cc2C(=O)N1Cc1cnc(Cl)s1. The number of nitrogens with zero attached hydrogens (tertiary/aromatic N) is 3. The average Bonchev–Trinajstić information content (AvgIpc) is 2.96. The molecule has 1 aromatic carbocycles. The first-order chi connectivity index (χ1) is 9.97. The van der Waals surface area contributed by atoms with E-state index in [1.54, 1.807) is 0 Å². The smallest absolute Gasteiger partial charge is 0.269 e. The number of fused-ring (bicyclic) bond motifs is 1. The molecule has 9 heteroatoms. The third-order valence-electron chi connectivity index (χ3n) is 3.00. The number of halogens is 1. The fourth-order valence-corrected chi connectivity index (χ4v) is 3.02. The molecule has 0 spiro atoms. The lowest BCUT2D eigenvalue weighted by Crippen LogP contribution is -2.28. The second kappa shape index (κ2) is 4.90. The first-order valence-corrected chi connectivity index (χ1v) is 6.91. The van der Waals surface area contributed by atoms with Crippen LogP contribution in [0.4, 0.5) is 5.69 Å². The summed E-state index contributed by atoms with van der Waals surface area (Å²) in [4.78, 5) is 40.1. The van der Waals surface area contributed by atoms with E-state index in [1.807, 2.05) is 0 Å². The van der Waals surface area contributed by atoms with Gasteiger partial charge in [-0.2, -0.15) is 0 Å². The van der Waals surface area contributed by atoms with E-state index in [9.17, 15) is 19.7 Å². The summed E-state index contributed by atoms with van der Waals surface area (Å²) in [6, 6.07) is 3.62. The Morgan fingerprint density at radius 1 is 1.29 bits per heavy atom. The van der Waals surface area contributed by atoms with E-state index in [1.165, 1.54) is 29.7 Å². The molecule has 0 saturated heterocycles. The highest BCUT2D eigenvalue weighted by Gasteiger charge is 2.37. The van der Waals surface area contributed by atoms with Gasteiger partial charge in [0.1, 0.15) is 0 Å². The Morgan fingerprint density at radius 3 is 2.62 bits per heavy atom. The molecule has 0 atom stereocenters. The van der Waals surface area contributed by atoms with Gasteiger partial charge in [0.15, 0.2) is 4.47 Å². The van der Waals surface area contributed by atoms with Crippen molar-refractivity contribution in [2.75, 3.05) is 0 Å². The third kappa shape index (κ3) is 2.28. The van der Waals surface area contributed by atoms with E-state index in [2.05, 4.69) is 4.98 Å². The molecule has 0 N–H and O–H groups in total. The van der Waals surface area contributed by atoms with E-state index in [0.717, 1.165) is 11.0 Å². The van der Waals surface area contributed by atoms with Crippen LogP contribution < -0.4 is 0 Å². The van der Waals surface area contributed by atoms with Gasteiger partial charge in [-0.1, -0.05) is 11.6 Å². The third-order valence-corrected chi connectivity index (χ3v) is 4.10. The Hall–Kier alpha value is -2.32. The van der Waals surface area contributed by atoms with Gasteiger partial charge >= 0.3 is 0 Å². The largest absolute Gasteiger partial charge is 0.270 e. The number of carbonyl (C=O) groups is 2. The van der Waals surface area contributed by atoms with Gasteiger partial charge in [-0.15, -0.1) is 11.3 Å². The summed E-state index contributed by atoms with van der Waals surface area (Å²) in [5.74, 6) is -1.03. The zero-order chi connectivity index (χ0) is 15.1. The molecular weight excluding hydrogens is 318 g/mol. The van der Waals surface area contributed by atoms with Crippen LogP contribution in [0, 0.1) is 10.1 Å². The summed E-state index contributed by atoms with van der Waals surface area (Å²) in [6.45, 7) is 0.0462. The molecular formula is C12H6ClN3O4S. The Bertz CT molecular complexity index is 789. The molecule has 2 amide bonds. The number of nitro benzene ring substituents is 1. The predicted octanol–water partition coefficient (Wildman–Crippen LogP) is 2.50. The van der Waals surface area contributed by atoms with Crippen molar-refractivity contribution >= 4 is 40.4 Å². The number of carbonyl (C=O) groups excluding carboxylic acids is 2. The number of thiazole rings is 1. The Morgan fingerprint density at radius 2 is 2.00 bits per heavy atom. The standard InChI is InChI=1S/C12H6ClN3O4S/c13-12-14-4-7(21-12)5-15-10(17)8-2-1-6(16(19)20)3-9(8)11(15)18/h1-4H,5H2. The quantitative estimate of drug-likeness (QED) is 0.491. The summed E-state index contributed by atoms with van der Waals surface area (Å²) in [6.07, 6.45) is 1.49. The molecule has 0 bridgehead atoms. The summed E-state index contributed by atoms with van der Waals surface area (Å²) in [5, 5.41) is 10.7. The fourth-order valence-electron chi connectivity index (χ4n) is 2.05. The minimum atomic E-state index is -0.607. The highest BCUT2D eigenvalue weighted by Crippen LogP contribution is 2.29. The molecule has 0 radical (unpaired) electrons. The van der Waals surface area contributed by atoms with Crippen LogP contribution in [-0.2, 0) is 6.54 Å². The van der Waals surface area contributed by atoms with Crippen LogP contribution in [0.5, 0.6) is 0 Å². The van der Waals surface area contributed by atoms with Crippen molar-refractivity contribution < 1.29 is 14.5 Å². The van der Waals surface area contributed by atoms with Crippen LogP contribution in [0.15, 0.2) is 24.4 Å². The Balaban J connectivity index is 1.94. The fraction of sp³-hybridized carbons (Fsp3) is 0.0833. The number of aromatic nitrogens is 1. The molecule has 7 nitrogen and oxygen atoms in total. The van der Waals surface area contributed by atoms with E-state index in [-0.39, 0.29) is 23.4 Å². The molecule has 2 aromatic rings. The Kier molecular flexibility index (Phi) is 3.19. The zero-order valence-corrected chi connectivity index (χ0v) is 11.8. The molecule has 3 rings (SSSR count). The molecule has 0 aliphatic carbocycles. The van der Waals surface area contributed by atoms with Gasteiger partial charge < -0.3 is 0 Å². The molecule has 21 heavy (non-hydrogen) atoms. The van der Waals surface area contributed by atoms with E-state index >= 15 is 0 Å². The predicted molar refractivity (Wildman–Crippen MR) is 74.4 cm³/mol. The number of non-ortho nitro benzene ring substituents is 1. The average molecular weight is 324 g/mol. The van der Waals surface area contributed by atoms with Crippen molar-refractivity contribution in [1.82, 2.24) is 9.88 Å². The molecule has 106 valence electrons. The number of rotatable bonds is 3. The van der Waals surface area contributed by atoms with Crippen molar-refractivity contribution in [3.8, 4) is 0 Å². The van der Waals surface area contributed by atoms with Gasteiger partial charge in [0.25, 0.3) is 17.5 Å². The van der Waals surface area contributed by atoms with Crippen molar-refractivity contribution in [1.29, 1.82) is 0 Å². The summed E-state index contributed by atoms with van der Waals surface area (Å²) >= 11 is 6.87. The number of hydrogen-bond acceptors (Lipinski definition) is 6. The summed E-state index contributed by atoms with van der Waals surface area (Å²) < 4.78 is 0.317. The lowest BCUT2D eigenvalue weighted by atomic mass is 10.1. The molecule has 1 aliphatic rings. The van der Waals surface area contributed by atoms with Gasteiger partial charge in [0, 0.05) is 23.2 Å². The number of imide groups is 1. The first kappa shape index (κ1) is 13.7. The molecule has 0 fully saturated rings. The van der Waals surface area contributed by atoms with Crippen LogP contribution in [0.25, 0.3) is 0 Å². The first-order valence-electron chi connectivity index (χ1n) is 5.72. The topological polar surface area (TPSA) is 93.4 Å². The van der Waals surface area contributed by atoms with Crippen LogP contribution in [0.2, 0.25) is 4.47 Å². The second-order valence-electron chi connectivity index (χ2n) is 4.26. The van der Waals surface area contributed by atoms with E-state index in [0.29, 0.717) is 9.34 Å². The maximum Gasteiger partial charge on any atom is 0.270 e.